The van der Waals surface area contributed by atoms with Gasteiger partial charge in [0.2, 0.25) is 5.91 Å². The van der Waals surface area contributed by atoms with E-state index in [0.29, 0.717) is 11.3 Å². The molecule has 0 aliphatic carbocycles. The number of carbonyl (C=O) groups excluding carboxylic acids is 3. The highest BCUT2D eigenvalue weighted by molar-refractivity contribution is 7.80. The Bertz CT molecular complexity index is 608. The van der Waals surface area contributed by atoms with E-state index in [1.54, 1.807) is 31.2 Å². The molecular weight excluding hydrogens is 304 g/mol. The molecule has 0 aromatic heterocycles. The number of amides is 1. The summed E-state index contributed by atoms with van der Waals surface area (Å²) in [5, 5.41) is 5.25. The minimum Gasteiger partial charge on any atom is -0.463 e. The molecule has 0 bridgehead atoms. The number of nitrogens with one attached hydrogen (secondary N) is 2. The summed E-state index contributed by atoms with van der Waals surface area (Å²) < 4.78 is 4.64. The zero-order valence-corrected chi connectivity index (χ0v) is 13.0. The summed E-state index contributed by atoms with van der Waals surface area (Å²) in [7, 11) is 0. The fourth-order valence-electron chi connectivity index (χ4n) is 1.44. The number of carbonyl (C=O) groups is 3. The molecule has 0 aliphatic rings. The summed E-state index contributed by atoms with van der Waals surface area (Å²) in [4.78, 5) is 33.7. The highest BCUT2D eigenvalue weighted by Crippen LogP contribution is 2.09. The first-order chi connectivity index (χ1) is 10.4. The Morgan fingerprint density at radius 1 is 1.18 bits per heavy atom. The van der Waals surface area contributed by atoms with Crippen molar-refractivity contribution in [3.8, 4) is 0 Å². The Labute approximate surface area is 133 Å². The van der Waals surface area contributed by atoms with Crippen LogP contribution >= 0.6 is 12.2 Å². The molecule has 1 amide bonds. The largest absolute Gasteiger partial charge is 0.463 e. The van der Waals surface area contributed by atoms with E-state index in [-0.39, 0.29) is 17.5 Å². The number of anilines is 1. The van der Waals surface area contributed by atoms with Crippen LogP contribution in [0.3, 0.4) is 0 Å². The summed E-state index contributed by atoms with van der Waals surface area (Å²) in [6.45, 7) is 3.38. The van der Waals surface area contributed by atoms with Gasteiger partial charge in [-0.15, -0.1) is 0 Å². The van der Waals surface area contributed by atoms with Gasteiger partial charge in [0.25, 0.3) is 0 Å². The summed E-state index contributed by atoms with van der Waals surface area (Å²) in [5.74, 6) is -1.19. The molecule has 0 radical (unpaired) electrons. The highest BCUT2D eigenvalue weighted by Gasteiger charge is 2.04. The normalized spacial score (nSPS) is 10.1. The van der Waals surface area contributed by atoms with Crippen molar-refractivity contribution < 1.29 is 19.1 Å². The van der Waals surface area contributed by atoms with Crippen molar-refractivity contribution in [1.29, 1.82) is 0 Å². The van der Waals surface area contributed by atoms with Crippen LogP contribution < -0.4 is 10.6 Å². The zero-order valence-electron chi connectivity index (χ0n) is 12.2. The molecule has 0 spiro atoms. The molecule has 0 saturated heterocycles. The molecule has 1 aromatic rings. The Balaban J connectivity index is 2.50. The van der Waals surface area contributed by atoms with Gasteiger partial charge in [0, 0.05) is 23.4 Å². The Morgan fingerprint density at radius 2 is 1.82 bits per heavy atom. The number of hydrogen-bond donors (Lipinski definition) is 2. The molecule has 22 heavy (non-hydrogen) atoms. The lowest BCUT2D eigenvalue weighted by Gasteiger charge is -2.08. The number of hydrogen-bond acceptors (Lipinski definition) is 5. The summed E-state index contributed by atoms with van der Waals surface area (Å²) in [6, 6.07) is 6.64. The van der Waals surface area contributed by atoms with Crippen molar-refractivity contribution in [2.75, 3.05) is 11.9 Å². The van der Waals surface area contributed by atoms with Crippen molar-refractivity contribution >= 4 is 40.7 Å². The van der Waals surface area contributed by atoms with Gasteiger partial charge in [-0.05, 0) is 50.3 Å². The summed E-state index contributed by atoms with van der Waals surface area (Å²) >= 11 is 4.97. The Morgan fingerprint density at radius 3 is 2.36 bits per heavy atom. The van der Waals surface area contributed by atoms with Crippen LogP contribution in [0, 0.1) is 0 Å². The van der Waals surface area contributed by atoms with E-state index in [0.717, 1.165) is 12.2 Å². The molecule has 7 heteroatoms. The van der Waals surface area contributed by atoms with Crippen LogP contribution in [0.25, 0.3) is 0 Å². The second-order valence-electron chi connectivity index (χ2n) is 4.16. The van der Waals surface area contributed by atoms with Gasteiger partial charge in [-0.3, -0.25) is 14.9 Å². The molecule has 6 nitrogen and oxygen atoms in total. The van der Waals surface area contributed by atoms with E-state index in [4.69, 9.17) is 12.2 Å². The van der Waals surface area contributed by atoms with Crippen LogP contribution in [0.15, 0.2) is 36.4 Å². The lowest BCUT2D eigenvalue weighted by molar-refractivity contribution is -0.137. The Hall–Kier alpha value is -2.54. The molecule has 0 heterocycles. The molecule has 0 atom stereocenters. The minimum atomic E-state index is -0.601. The van der Waals surface area contributed by atoms with Gasteiger partial charge in [0.1, 0.15) is 0 Å². The van der Waals surface area contributed by atoms with E-state index >= 15 is 0 Å². The number of rotatable bonds is 5. The van der Waals surface area contributed by atoms with Crippen molar-refractivity contribution in [2.24, 2.45) is 0 Å². The second kappa shape index (κ2) is 8.68. The van der Waals surface area contributed by atoms with Crippen molar-refractivity contribution in [1.82, 2.24) is 5.32 Å². The third-order valence-corrected chi connectivity index (χ3v) is 2.65. The summed E-state index contributed by atoms with van der Waals surface area (Å²) in [6.07, 6.45) is 2.05. The van der Waals surface area contributed by atoms with Gasteiger partial charge in [-0.25, -0.2) is 4.79 Å². The fraction of sp³-hybridized carbons (Fsp3) is 0.200. The zero-order chi connectivity index (χ0) is 16.5. The van der Waals surface area contributed by atoms with Crippen LogP contribution in [0.5, 0.6) is 0 Å². The van der Waals surface area contributed by atoms with Gasteiger partial charge in [-0.2, -0.15) is 0 Å². The van der Waals surface area contributed by atoms with E-state index < -0.39 is 11.9 Å². The first kappa shape index (κ1) is 17.5. The first-order valence-electron chi connectivity index (χ1n) is 6.50. The molecule has 1 rings (SSSR count). The van der Waals surface area contributed by atoms with Crippen molar-refractivity contribution in [2.45, 2.75) is 13.8 Å². The van der Waals surface area contributed by atoms with Crippen molar-refractivity contribution in [3.05, 3.63) is 42.0 Å². The monoisotopic (exact) mass is 320 g/mol. The maximum atomic E-state index is 11.5. The number of ketones is 1. The maximum Gasteiger partial charge on any atom is 0.330 e. The number of esters is 1. The van der Waals surface area contributed by atoms with Crippen LogP contribution in [0.4, 0.5) is 5.69 Å². The standard InChI is InChI=1S/C15H16N2O4S/c1-3-21-14(20)9-8-13(19)17-15(22)16-12-6-4-11(5-7-12)10(2)18/h4-9H,3H2,1-2H3,(H2,16,17,19,22). The topological polar surface area (TPSA) is 84.5 Å². The average Bonchev–Trinajstić information content (AvgIpc) is 2.46. The smallest absolute Gasteiger partial charge is 0.330 e. The highest BCUT2D eigenvalue weighted by atomic mass is 32.1. The van der Waals surface area contributed by atoms with Gasteiger partial charge in [0.05, 0.1) is 6.61 Å². The van der Waals surface area contributed by atoms with E-state index in [1.807, 2.05) is 0 Å². The quantitative estimate of drug-likeness (QED) is 0.373. The molecule has 0 fully saturated rings. The van der Waals surface area contributed by atoms with E-state index in [1.165, 1.54) is 6.92 Å². The minimum absolute atomic E-state index is 0.0356. The lowest BCUT2D eigenvalue weighted by Crippen LogP contribution is -2.33. The van der Waals surface area contributed by atoms with Crippen LogP contribution in [0.1, 0.15) is 24.2 Å². The van der Waals surface area contributed by atoms with Crippen molar-refractivity contribution in [3.63, 3.8) is 0 Å². The van der Waals surface area contributed by atoms with E-state index in [2.05, 4.69) is 15.4 Å². The average molecular weight is 320 g/mol. The summed E-state index contributed by atoms with van der Waals surface area (Å²) in [5.41, 5.74) is 1.21. The van der Waals surface area contributed by atoms with Gasteiger partial charge in [0.15, 0.2) is 10.9 Å². The molecule has 2 N–H and O–H groups in total. The molecular formula is C15H16N2O4S. The molecule has 0 saturated carbocycles. The maximum absolute atomic E-state index is 11.5. The van der Waals surface area contributed by atoms with E-state index in [9.17, 15) is 14.4 Å². The van der Waals surface area contributed by atoms with Crippen LogP contribution in [-0.2, 0) is 14.3 Å². The first-order valence-corrected chi connectivity index (χ1v) is 6.91. The number of ether oxygens (including phenoxy) is 1. The molecule has 0 unspecified atom stereocenters. The number of Topliss-reactive ketones (excluding diaryl/α,β-unsaturated/α-hetero) is 1. The van der Waals surface area contributed by atoms with Gasteiger partial charge < -0.3 is 10.1 Å². The molecule has 1 aromatic carbocycles. The molecule has 0 aliphatic heterocycles. The predicted octanol–water partition coefficient (Wildman–Crippen LogP) is 1.82. The number of thiocarbonyl (C=S) groups is 1. The lowest BCUT2D eigenvalue weighted by atomic mass is 10.1. The fourth-order valence-corrected chi connectivity index (χ4v) is 1.66. The third-order valence-electron chi connectivity index (χ3n) is 2.44. The van der Waals surface area contributed by atoms with Crippen LogP contribution in [0.2, 0.25) is 0 Å². The Kier molecular flexibility index (Phi) is 6.91. The molecule has 116 valence electrons. The second-order valence-corrected chi connectivity index (χ2v) is 4.57. The third kappa shape index (κ3) is 6.27. The van der Waals surface area contributed by atoms with Crippen LogP contribution in [-0.4, -0.2) is 29.4 Å². The SMILES string of the molecule is CCOC(=O)C=CC(=O)NC(=S)Nc1ccc(C(C)=O)cc1. The predicted molar refractivity (Wildman–Crippen MR) is 86.6 cm³/mol. The van der Waals surface area contributed by atoms with Gasteiger partial charge in [-0.1, -0.05) is 0 Å². The number of benzene rings is 1. The van der Waals surface area contributed by atoms with Gasteiger partial charge >= 0.3 is 5.97 Å².